The number of nitrogens with zero attached hydrogens (tertiary/aromatic N) is 2. The Balaban J connectivity index is 1.57. The fraction of sp³-hybridized carbons (Fsp3) is 0.360. The van der Waals surface area contributed by atoms with Gasteiger partial charge in [-0.05, 0) is 68.3 Å². The van der Waals surface area contributed by atoms with Crippen molar-refractivity contribution in [2.75, 3.05) is 36.8 Å². The summed E-state index contributed by atoms with van der Waals surface area (Å²) in [5.74, 6) is -1.10. The third-order valence-electron chi connectivity index (χ3n) is 5.67. The van der Waals surface area contributed by atoms with Gasteiger partial charge >= 0.3 is 0 Å². The lowest BCUT2D eigenvalue weighted by Gasteiger charge is -2.34. The van der Waals surface area contributed by atoms with Gasteiger partial charge in [-0.25, -0.2) is 0 Å². The predicted octanol–water partition coefficient (Wildman–Crippen LogP) is 3.64. The number of likely N-dealkylation sites (N-methyl/N-ethyl adjacent to an activating group) is 1. The molecule has 34 heavy (non-hydrogen) atoms. The van der Waals surface area contributed by atoms with Crippen LogP contribution in [0.15, 0.2) is 48.5 Å². The number of benzene rings is 2. The molecule has 180 valence electrons. The monoisotopic (exact) mass is 484 g/mol. The van der Waals surface area contributed by atoms with Crippen molar-refractivity contribution in [3.63, 3.8) is 0 Å². The Kier molecular flexibility index (Phi) is 8.65. The van der Waals surface area contributed by atoms with E-state index < -0.39 is 0 Å². The predicted molar refractivity (Wildman–Crippen MR) is 132 cm³/mol. The fourth-order valence-electron chi connectivity index (χ4n) is 3.96. The molecule has 3 rings (SSSR count). The highest BCUT2D eigenvalue weighted by Crippen LogP contribution is 2.22. The summed E-state index contributed by atoms with van der Waals surface area (Å²) in [5.41, 5.74) is 1.74. The minimum atomic E-state index is -0.352. The van der Waals surface area contributed by atoms with Crippen LogP contribution in [0.25, 0.3) is 0 Å². The third-order valence-corrected chi connectivity index (χ3v) is 5.92. The number of halogens is 1. The maximum absolute atomic E-state index is 13.2. The molecule has 0 aromatic heterocycles. The van der Waals surface area contributed by atoms with Crippen LogP contribution in [0.4, 0.5) is 11.4 Å². The number of likely N-dealkylation sites (tertiary alicyclic amines) is 1. The second-order valence-corrected chi connectivity index (χ2v) is 8.69. The lowest BCUT2D eigenvalue weighted by molar-refractivity contribution is -0.139. The van der Waals surface area contributed by atoms with Crippen molar-refractivity contribution in [3.8, 4) is 0 Å². The molecule has 0 aliphatic carbocycles. The first-order chi connectivity index (χ1) is 16.3. The summed E-state index contributed by atoms with van der Waals surface area (Å²) >= 11 is 5.91. The molecule has 1 aliphatic heterocycles. The number of piperidine rings is 1. The van der Waals surface area contributed by atoms with Gasteiger partial charge in [-0.15, -0.1) is 0 Å². The molecular formula is C25H29ClN4O4. The Morgan fingerprint density at radius 1 is 1.00 bits per heavy atom. The van der Waals surface area contributed by atoms with E-state index in [1.54, 1.807) is 53.4 Å². The third kappa shape index (κ3) is 6.81. The number of carbonyl (C=O) groups excluding carboxylic acids is 4. The molecule has 1 fully saturated rings. The van der Waals surface area contributed by atoms with Crippen LogP contribution in [0.5, 0.6) is 0 Å². The lowest BCUT2D eigenvalue weighted by Crippen LogP contribution is -2.48. The normalized spacial score (nSPS) is 15.4. The van der Waals surface area contributed by atoms with Crippen LogP contribution in [0, 0.1) is 5.92 Å². The molecule has 8 nitrogen and oxygen atoms in total. The molecule has 9 heteroatoms. The Hall–Kier alpha value is -3.39. The van der Waals surface area contributed by atoms with Gasteiger partial charge in [-0.3, -0.25) is 19.2 Å². The largest absolute Gasteiger partial charge is 0.338 e. The van der Waals surface area contributed by atoms with Crippen molar-refractivity contribution in [3.05, 3.63) is 59.1 Å². The molecule has 2 N–H and O–H groups in total. The van der Waals surface area contributed by atoms with E-state index >= 15 is 0 Å². The average molecular weight is 485 g/mol. The summed E-state index contributed by atoms with van der Waals surface area (Å²) in [7, 11) is 0. The first-order valence-electron chi connectivity index (χ1n) is 11.3. The van der Waals surface area contributed by atoms with Crippen LogP contribution in [-0.2, 0) is 14.4 Å². The van der Waals surface area contributed by atoms with Gasteiger partial charge in [0, 0.05) is 48.5 Å². The topological polar surface area (TPSA) is 98.8 Å². The zero-order valence-corrected chi connectivity index (χ0v) is 20.1. The van der Waals surface area contributed by atoms with E-state index in [9.17, 15) is 19.2 Å². The molecular weight excluding hydrogens is 456 g/mol. The Labute approximate surface area is 204 Å². The smallest absolute Gasteiger partial charge is 0.253 e. The Bertz CT molecular complexity index is 1040. The zero-order valence-electron chi connectivity index (χ0n) is 19.3. The van der Waals surface area contributed by atoms with Gasteiger partial charge in [0.05, 0.1) is 12.5 Å². The van der Waals surface area contributed by atoms with Crippen LogP contribution in [0.1, 0.15) is 37.0 Å². The van der Waals surface area contributed by atoms with E-state index in [-0.39, 0.29) is 36.1 Å². The summed E-state index contributed by atoms with van der Waals surface area (Å²) in [6, 6.07) is 13.5. The van der Waals surface area contributed by atoms with Gasteiger partial charge < -0.3 is 20.4 Å². The first-order valence-corrected chi connectivity index (χ1v) is 11.7. The summed E-state index contributed by atoms with van der Waals surface area (Å²) in [6.07, 6.45) is 1.39. The number of carbonyl (C=O) groups is 4. The highest BCUT2D eigenvalue weighted by molar-refractivity contribution is 6.30. The highest BCUT2D eigenvalue weighted by Gasteiger charge is 2.31. The van der Waals surface area contributed by atoms with E-state index in [2.05, 4.69) is 10.6 Å². The quantitative estimate of drug-likeness (QED) is 0.626. The van der Waals surface area contributed by atoms with E-state index in [0.29, 0.717) is 48.0 Å². The molecule has 2 aromatic rings. The number of hydrogen-bond donors (Lipinski definition) is 2. The van der Waals surface area contributed by atoms with Crippen LogP contribution >= 0.6 is 11.6 Å². The number of anilines is 2. The lowest BCUT2D eigenvalue weighted by atomic mass is 9.95. The average Bonchev–Trinajstić information content (AvgIpc) is 2.83. The van der Waals surface area contributed by atoms with Crippen LogP contribution in [0.3, 0.4) is 0 Å². The van der Waals surface area contributed by atoms with E-state index in [0.717, 1.165) is 6.42 Å². The zero-order chi connectivity index (χ0) is 24.7. The van der Waals surface area contributed by atoms with Gasteiger partial charge in [0.2, 0.25) is 17.7 Å². The van der Waals surface area contributed by atoms with Crippen molar-refractivity contribution in [1.82, 2.24) is 9.80 Å². The number of nitrogens with one attached hydrogen (secondary N) is 2. The minimum absolute atomic E-state index is 0.0790. The van der Waals surface area contributed by atoms with E-state index in [1.165, 1.54) is 11.8 Å². The molecule has 1 aliphatic rings. The van der Waals surface area contributed by atoms with Crippen molar-refractivity contribution >= 4 is 46.6 Å². The second-order valence-electron chi connectivity index (χ2n) is 8.26. The van der Waals surface area contributed by atoms with Crippen molar-refractivity contribution in [2.24, 2.45) is 5.92 Å². The Morgan fingerprint density at radius 2 is 1.62 bits per heavy atom. The SMILES string of the molecule is CCN(CC(=O)Nc1ccc(NC(C)=O)cc1)C(=O)C1CCCN(C(=O)c2ccc(Cl)cc2)C1. The Morgan fingerprint density at radius 3 is 2.21 bits per heavy atom. The summed E-state index contributed by atoms with van der Waals surface area (Å²) in [5, 5.41) is 6.00. The van der Waals surface area contributed by atoms with Crippen molar-refractivity contribution in [2.45, 2.75) is 26.7 Å². The molecule has 1 unspecified atom stereocenters. The molecule has 0 bridgehead atoms. The van der Waals surface area contributed by atoms with Gasteiger partial charge in [-0.2, -0.15) is 0 Å². The van der Waals surface area contributed by atoms with Crippen molar-refractivity contribution in [1.29, 1.82) is 0 Å². The number of rotatable bonds is 7. The second kappa shape index (κ2) is 11.7. The standard InChI is InChI=1S/C25H29ClN4O4/c1-3-29(16-23(32)28-22-12-10-21(11-13-22)27-17(2)31)25(34)19-5-4-14-30(15-19)24(33)18-6-8-20(26)9-7-18/h6-13,19H,3-5,14-16H2,1-2H3,(H,27,31)(H,28,32). The van der Waals surface area contributed by atoms with E-state index in [4.69, 9.17) is 11.6 Å². The summed E-state index contributed by atoms with van der Waals surface area (Å²) in [4.78, 5) is 52.9. The fourth-order valence-corrected chi connectivity index (χ4v) is 4.08. The minimum Gasteiger partial charge on any atom is -0.338 e. The molecule has 0 spiro atoms. The van der Waals surface area contributed by atoms with Gasteiger partial charge in [0.15, 0.2) is 0 Å². The highest BCUT2D eigenvalue weighted by atomic mass is 35.5. The number of hydrogen-bond acceptors (Lipinski definition) is 4. The van der Waals surface area contributed by atoms with Gasteiger partial charge in [0.25, 0.3) is 5.91 Å². The first kappa shape index (κ1) is 25.2. The van der Waals surface area contributed by atoms with E-state index in [1.807, 2.05) is 6.92 Å². The molecule has 0 radical (unpaired) electrons. The molecule has 2 aromatic carbocycles. The maximum atomic E-state index is 13.2. The maximum Gasteiger partial charge on any atom is 0.253 e. The molecule has 4 amide bonds. The van der Waals surface area contributed by atoms with Crippen LogP contribution < -0.4 is 10.6 Å². The molecule has 1 atom stereocenters. The number of amides is 4. The summed E-state index contributed by atoms with van der Waals surface area (Å²) < 4.78 is 0. The molecule has 0 saturated carbocycles. The van der Waals surface area contributed by atoms with Crippen LogP contribution in [0.2, 0.25) is 5.02 Å². The van der Waals surface area contributed by atoms with Crippen LogP contribution in [-0.4, -0.2) is 59.6 Å². The van der Waals surface area contributed by atoms with Crippen molar-refractivity contribution < 1.29 is 19.2 Å². The molecule has 1 saturated heterocycles. The van der Waals surface area contributed by atoms with Gasteiger partial charge in [0.1, 0.15) is 0 Å². The summed E-state index contributed by atoms with van der Waals surface area (Å²) in [6.45, 7) is 4.47. The molecule has 1 heterocycles. The van der Waals surface area contributed by atoms with Gasteiger partial charge in [-0.1, -0.05) is 11.6 Å².